The van der Waals surface area contributed by atoms with E-state index < -0.39 is 0 Å². The van der Waals surface area contributed by atoms with Crippen molar-refractivity contribution >= 4 is 21.7 Å². The highest BCUT2D eigenvalue weighted by Crippen LogP contribution is 2.37. The molecule has 0 unspecified atom stereocenters. The van der Waals surface area contributed by atoms with Gasteiger partial charge in [-0.1, -0.05) is 0 Å². The average molecular weight is 300 g/mol. The van der Waals surface area contributed by atoms with Crippen molar-refractivity contribution in [3.05, 3.63) is 28.5 Å². The molecule has 2 rings (SSSR count). The summed E-state index contributed by atoms with van der Waals surface area (Å²) >= 11 is 3.34. The molecule has 0 saturated carbocycles. The predicted molar refractivity (Wildman–Crippen MR) is 67.3 cm³/mol. The third-order valence-corrected chi connectivity index (χ3v) is 3.23. The molecule has 0 spiro atoms. The first-order chi connectivity index (χ1) is 8.04. The molecule has 1 heterocycles. The molecule has 4 nitrogen and oxygen atoms in total. The molecule has 2 N–H and O–H groups in total. The molecule has 0 aliphatic rings. The molecule has 90 valence electrons. The number of nitrogens with zero attached hydrogens (tertiary/aromatic N) is 2. The molecule has 0 amide bonds. The van der Waals surface area contributed by atoms with E-state index in [-0.39, 0.29) is 5.82 Å². The van der Waals surface area contributed by atoms with E-state index in [4.69, 9.17) is 10.5 Å². The summed E-state index contributed by atoms with van der Waals surface area (Å²) in [6.07, 6.45) is 0. The maximum Gasteiger partial charge on any atom is 0.136 e. The zero-order valence-corrected chi connectivity index (χ0v) is 11.0. The summed E-state index contributed by atoms with van der Waals surface area (Å²) in [5.41, 5.74) is 6.91. The van der Waals surface area contributed by atoms with Crippen molar-refractivity contribution in [1.29, 1.82) is 0 Å². The van der Waals surface area contributed by atoms with Gasteiger partial charge in [-0.05, 0) is 34.1 Å². The third kappa shape index (κ3) is 2.00. The van der Waals surface area contributed by atoms with Crippen molar-refractivity contribution in [2.75, 3.05) is 12.8 Å². The van der Waals surface area contributed by atoms with E-state index in [0.29, 0.717) is 27.3 Å². The van der Waals surface area contributed by atoms with Gasteiger partial charge in [0.25, 0.3) is 0 Å². The van der Waals surface area contributed by atoms with E-state index in [1.807, 2.05) is 0 Å². The van der Waals surface area contributed by atoms with Gasteiger partial charge in [0.1, 0.15) is 23.1 Å². The van der Waals surface area contributed by atoms with Gasteiger partial charge < -0.3 is 10.5 Å². The van der Waals surface area contributed by atoms with Gasteiger partial charge in [0.05, 0.1) is 11.6 Å². The Morgan fingerprint density at radius 3 is 2.71 bits per heavy atom. The lowest BCUT2D eigenvalue weighted by molar-refractivity contribution is 0.415. The molecule has 0 aliphatic carbocycles. The number of benzene rings is 1. The Morgan fingerprint density at radius 1 is 1.47 bits per heavy atom. The van der Waals surface area contributed by atoms with E-state index in [1.54, 1.807) is 13.1 Å². The zero-order valence-electron chi connectivity index (χ0n) is 9.37. The number of nitrogen functional groups attached to an aromatic ring is 1. The summed E-state index contributed by atoms with van der Waals surface area (Å²) in [5.74, 6) is 0.674. The SMILES string of the molecule is COc1ccc(F)cc1-c1nn(C)c(N)c1Br. The molecule has 0 radical (unpaired) electrons. The highest BCUT2D eigenvalue weighted by molar-refractivity contribution is 9.10. The molecule has 6 heteroatoms. The van der Waals surface area contributed by atoms with Crippen LogP contribution in [0.15, 0.2) is 22.7 Å². The second-order valence-electron chi connectivity index (χ2n) is 3.52. The zero-order chi connectivity index (χ0) is 12.6. The fourth-order valence-electron chi connectivity index (χ4n) is 1.55. The van der Waals surface area contributed by atoms with Crippen molar-refractivity contribution < 1.29 is 9.13 Å². The number of ether oxygens (including phenoxy) is 1. The molecule has 0 aliphatic heterocycles. The van der Waals surface area contributed by atoms with Crippen molar-refractivity contribution in [3.8, 4) is 17.0 Å². The maximum atomic E-state index is 13.3. The maximum absolute atomic E-state index is 13.3. The summed E-state index contributed by atoms with van der Waals surface area (Å²) in [4.78, 5) is 0. The van der Waals surface area contributed by atoms with E-state index in [0.717, 1.165) is 0 Å². The van der Waals surface area contributed by atoms with Gasteiger partial charge in [0, 0.05) is 12.6 Å². The highest BCUT2D eigenvalue weighted by atomic mass is 79.9. The van der Waals surface area contributed by atoms with Gasteiger partial charge in [0.2, 0.25) is 0 Å². The van der Waals surface area contributed by atoms with Gasteiger partial charge in [-0.25, -0.2) is 4.39 Å². The highest BCUT2D eigenvalue weighted by Gasteiger charge is 2.17. The lowest BCUT2D eigenvalue weighted by atomic mass is 10.1. The van der Waals surface area contributed by atoms with Crippen LogP contribution in [0, 0.1) is 5.82 Å². The first kappa shape index (κ1) is 11.9. The largest absolute Gasteiger partial charge is 0.496 e. The van der Waals surface area contributed by atoms with Crippen LogP contribution in [0.3, 0.4) is 0 Å². The molecule has 17 heavy (non-hydrogen) atoms. The Hall–Kier alpha value is -1.56. The van der Waals surface area contributed by atoms with Crippen molar-refractivity contribution in [2.24, 2.45) is 7.05 Å². The van der Waals surface area contributed by atoms with Gasteiger partial charge in [-0.2, -0.15) is 5.10 Å². The standard InChI is InChI=1S/C11H11BrFN3O/c1-16-11(14)9(12)10(15-16)7-5-6(13)3-4-8(7)17-2/h3-5H,14H2,1-2H3. The molecule has 1 aromatic heterocycles. The summed E-state index contributed by atoms with van der Waals surface area (Å²) in [6.45, 7) is 0. The minimum absolute atomic E-state index is 0.350. The van der Waals surface area contributed by atoms with Gasteiger partial charge in [-0.3, -0.25) is 4.68 Å². The summed E-state index contributed by atoms with van der Waals surface area (Å²) in [6, 6.07) is 4.26. The van der Waals surface area contributed by atoms with Crippen LogP contribution in [0.5, 0.6) is 5.75 Å². The predicted octanol–water partition coefficient (Wildman–Crippen LogP) is 2.58. The topological polar surface area (TPSA) is 53.1 Å². The quantitative estimate of drug-likeness (QED) is 0.927. The van der Waals surface area contributed by atoms with Crippen LogP contribution < -0.4 is 10.5 Å². The molecule has 0 atom stereocenters. The minimum Gasteiger partial charge on any atom is -0.496 e. The Morgan fingerprint density at radius 2 is 2.18 bits per heavy atom. The van der Waals surface area contributed by atoms with Crippen molar-refractivity contribution in [1.82, 2.24) is 9.78 Å². The van der Waals surface area contributed by atoms with Crippen molar-refractivity contribution in [2.45, 2.75) is 0 Å². The molecular weight excluding hydrogens is 289 g/mol. The van der Waals surface area contributed by atoms with E-state index in [9.17, 15) is 4.39 Å². The Bertz CT molecular complexity index is 568. The number of methoxy groups -OCH3 is 1. The monoisotopic (exact) mass is 299 g/mol. The van der Waals surface area contributed by atoms with Crippen molar-refractivity contribution in [3.63, 3.8) is 0 Å². The number of rotatable bonds is 2. The lowest BCUT2D eigenvalue weighted by Crippen LogP contribution is -1.97. The fourth-order valence-corrected chi connectivity index (χ4v) is 2.10. The van der Waals surface area contributed by atoms with Crippen LogP contribution >= 0.6 is 15.9 Å². The molecule has 0 fully saturated rings. The van der Waals surface area contributed by atoms with Gasteiger partial charge in [-0.15, -0.1) is 0 Å². The molecule has 0 saturated heterocycles. The van der Waals surface area contributed by atoms with Crippen LogP contribution in [-0.4, -0.2) is 16.9 Å². The second kappa shape index (κ2) is 4.37. The Labute approximate surface area is 106 Å². The lowest BCUT2D eigenvalue weighted by Gasteiger charge is -2.06. The normalized spacial score (nSPS) is 10.6. The third-order valence-electron chi connectivity index (χ3n) is 2.45. The number of anilines is 1. The molecule has 1 aromatic carbocycles. The van der Waals surface area contributed by atoms with E-state index in [1.165, 1.54) is 23.9 Å². The Kier molecular flexibility index (Phi) is 3.06. The smallest absolute Gasteiger partial charge is 0.136 e. The number of hydrogen-bond donors (Lipinski definition) is 1. The van der Waals surface area contributed by atoms with E-state index >= 15 is 0 Å². The molecule has 2 aromatic rings. The van der Waals surface area contributed by atoms with Crippen LogP contribution in [0.1, 0.15) is 0 Å². The average Bonchev–Trinajstić information content (AvgIpc) is 2.57. The fraction of sp³-hybridized carbons (Fsp3) is 0.182. The molecular formula is C11H11BrFN3O. The molecule has 0 bridgehead atoms. The first-order valence-electron chi connectivity index (χ1n) is 4.86. The Balaban J connectivity index is 2.67. The van der Waals surface area contributed by atoms with Gasteiger partial charge >= 0.3 is 0 Å². The van der Waals surface area contributed by atoms with Crippen LogP contribution in [0.25, 0.3) is 11.3 Å². The number of aromatic nitrogens is 2. The number of hydrogen-bond acceptors (Lipinski definition) is 3. The number of halogens is 2. The minimum atomic E-state index is -0.350. The van der Waals surface area contributed by atoms with E-state index in [2.05, 4.69) is 21.0 Å². The van der Waals surface area contributed by atoms with Gasteiger partial charge in [0.15, 0.2) is 0 Å². The number of aryl methyl sites for hydroxylation is 1. The van der Waals surface area contributed by atoms with Crippen LogP contribution in [-0.2, 0) is 7.05 Å². The summed E-state index contributed by atoms with van der Waals surface area (Å²) < 4.78 is 20.6. The number of nitrogens with two attached hydrogens (primary N) is 1. The van der Waals surface area contributed by atoms with Crippen LogP contribution in [0.2, 0.25) is 0 Å². The summed E-state index contributed by atoms with van der Waals surface area (Å²) in [5, 5.41) is 4.23. The first-order valence-corrected chi connectivity index (χ1v) is 5.65. The second-order valence-corrected chi connectivity index (χ2v) is 4.31. The van der Waals surface area contributed by atoms with Crippen LogP contribution in [0.4, 0.5) is 10.2 Å². The summed E-state index contributed by atoms with van der Waals surface area (Å²) in [7, 11) is 3.24.